The summed E-state index contributed by atoms with van der Waals surface area (Å²) in [7, 11) is 1.72. The Kier molecular flexibility index (Phi) is 3.42. The SMILES string of the molecule is Cc1nn(C)c(NC(C)(C)CC(=O)O)c1C#N. The quantitative estimate of drug-likeness (QED) is 0.821. The van der Waals surface area contributed by atoms with Crippen molar-refractivity contribution in [1.29, 1.82) is 5.26 Å². The lowest BCUT2D eigenvalue weighted by molar-refractivity contribution is -0.137. The van der Waals surface area contributed by atoms with Crippen LogP contribution in [-0.4, -0.2) is 26.4 Å². The van der Waals surface area contributed by atoms with Crippen molar-refractivity contribution in [2.75, 3.05) is 5.32 Å². The maximum atomic E-state index is 10.7. The highest BCUT2D eigenvalue weighted by molar-refractivity contribution is 5.69. The van der Waals surface area contributed by atoms with Gasteiger partial charge in [0.2, 0.25) is 0 Å². The zero-order valence-corrected chi connectivity index (χ0v) is 10.4. The number of nitrogens with zero attached hydrogens (tertiary/aromatic N) is 3. The summed E-state index contributed by atoms with van der Waals surface area (Å²) in [5.74, 6) is -0.337. The number of hydrogen-bond acceptors (Lipinski definition) is 4. The van der Waals surface area contributed by atoms with Crippen LogP contribution in [-0.2, 0) is 11.8 Å². The fraction of sp³-hybridized carbons (Fsp3) is 0.545. The first-order chi connectivity index (χ1) is 7.76. The topological polar surface area (TPSA) is 90.9 Å². The molecule has 92 valence electrons. The van der Waals surface area contributed by atoms with Gasteiger partial charge in [0, 0.05) is 12.6 Å². The summed E-state index contributed by atoms with van der Waals surface area (Å²) < 4.78 is 1.55. The molecule has 0 amide bonds. The summed E-state index contributed by atoms with van der Waals surface area (Å²) in [4.78, 5) is 10.7. The van der Waals surface area contributed by atoms with Crippen molar-refractivity contribution in [2.45, 2.75) is 32.7 Å². The molecule has 17 heavy (non-hydrogen) atoms. The summed E-state index contributed by atoms with van der Waals surface area (Å²) in [6.45, 7) is 5.28. The Bertz CT molecular complexity index is 482. The number of carboxylic acids is 1. The highest BCUT2D eigenvalue weighted by Gasteiger charge is 2.25. The molecule has 0 aliphatic heterocycles. The molecule has 1 aromatic heterocycles. The molecule has 0 saturated carbocycles. The van der Waals surface area contributed by atoms with Crippen LogP contribution in [0.2, 0.25) is 0 Å². The van der Waals surface area contributed by atoms with Crippen molar-refractivity contribution < 1.29 is 9.90 Å². The van der Waals surface area contributed by atoms with Gasteiger partial charge in [-0.05, 0) is 20.8 Å². The minimum atomic E-state index is -0.889. The van der Waals surface area contributed by atoms with E-state index >= 15 is 0 Å². The largest absolute Gasteiger partial charge is 0.481 e. The van der Waals surface area contributed by atoms with Gasteiger partial charge >= 0.3 is 5.97 Å². The fourth-order valence-electron chi connectivity index (χ4n) is 1.68. The van der Waals surface area contributed by atoms with Gasteiger partial charge in [-0.2, -0.15) is 10.4 Å². The molecular weight excluding hydrogens is 220 g/mol. The molecule has 0 saturated heterocycles. The van der Waals surface area contributed by atoms with Crippen molar-refractivity contribution in [3.63, 3.8) is 0 Å². The van der Waals surface area contributed by atoms with Crippen molar-refractivity contribution in [3.8, 4) is 6.07 Å². The van der Waals surface area contributed by atoms with Gasteiger partial charge < -0.3 is 10.4 Å². The Morgan fingerprint density at radius 1 is 1.65 bits per heavy atom. The van der Waals surface area contributed by atoms with E-state index in [4.69, 9.17) is 10.4 Å². The maximum Gasteiger partial charge on any atom is 0.305 e. The third-order valence-corrected chi connectivity index (χ3v) is 2.38. The van der Waals surface area contributed by atoms with E-state index in [0.717, 1.165) is 0 Å². The molecule has 0 spiro atoms. The van der Waals surface area contributed by atoms with Crippen LogP contribution in [0.4, 0.5) is 5.82 Å². The second kappa shape index (κ2) is 4.45. The van der Waals surface area contributed by atoms with Crippen LogP contribution in [0.5, 0.6) is 0 Å². The van der Waals surface area contributed by atoms with Gasteiger partial charge in [0.25, 0.3) is 0 Å². The predicted molar refractivity (Wildman–Crippen MR) is 62.6 cm³/mol. The zero-order chi connectivity index (χ0) is 13.2. The van der Waals surface area contributed by atoms with Gasteiger partial charge in [0.05, 0.1) is 12.1 Å². The second-order valence-corrected chi connectivity index (χ2v) is 4.62. The monoisotopic (exact) mass is 236 g/mol. The first-order valence-corrected chi connectivity index (χ1v) is 5.20. The molecule has 6 nitrogen and oxygen atoms in total. The Hall–Kier alpha value is -2.03. The Morgan fingerprint density at radius 3 is 2.71 bits per heavy atom. The van der Waals surface area contributed by atoms with Crippen molar-refractivity contribution in [2.24, 2.45) is 7.05 Å². The van der Waals surface area contributed by atoms with Crippen LogP contribution in [0.25, 0.3) is 0 Å². The first kappa shape index (κ1) is 13.0. The lowest BCUT2D eigenvalue weighted by Crippen LogP contribution is -2.34. The third kappa shape index (κ3) is 2.97. The van der Waals surface area contributed by atoms with Crippen molar-refractivity contribution in [1.82, 2.24) is 9.78 Å². The molecule has 0 aromatic carbocycles. The fourth-order valence-corrected chi connectivity index (χ4v) is 1.68. The molecule has 0 atom stereocenters. The van der Waals surface area contributed by atoms with Crippen LogP contribution in [0.1, 0.15) is 31.5 Å². The summed E-state index contributed by atoms with van der Waals surface area (Å²) >= 11 is 0. The average Bonchev–Trinajstić information content (AvgIpc) is 2.38. The molecule has 1 aromatic rings. The summed E-state index contributed by atoms with van der Waals surface area (Å²) in [5, 5.41) is 25.0. The molecule has 1 rings (SSSR count). The smallest absolute Gasteiger partial charge is 0.305 e. The van der Waals surface area contributed by atoms with E-state index in [2.05, 4.69) is 16.5 Å². The molecule has 0 radical (unpaired) electrons. The van der Waals surface area contributed by atoms with Gasteiger partial charge in [0.1, 0.15) is 17.5 Å². The third-order valence-electron chi connectivity index (χ3n) is 2.38. The molecule has 0 aliphatic rings. The molecule has 6 heteroatoms. The highest BCUT2D eigenvalue weighted by atomic mass is 16.4. The molecule has 0 fully saturated rings. The lowest BCUT2D eigenvalue weighted by Gasteiger charge is -2.25. The first-order valence-electron chi connectivity index (χ1n) is 5.20. The van der Waals surface area contributed by atoms with E-state index in [9.17, 15) is 4.79 Å². The average molecular weight is 236 g/mol. The molecule has 0 aliphatic carbocycles. The standard InChI is InChI=1S/C11H16N4O2/c1-7-8(6-12)10(15(4)14-7)13-11(2,3)5-9(16)17/h13H,5H2,1-4H3,(H,16,17). The second-order valence-electron chi connectivity index (χ2n) is 4.62. The molecule has 0 unspecified atom stereocenters. The van der Waals surface area contributed by atoms with Gasteiger partial charge in [0.15, 0.2) is 0 Å². The van der Waals surface area contributed by atoms with Gasteiger partial charge in [-0.1, -0.05) is 0 Å². The number of aliphatic carboxylic acids is 1. The lowest BCUT2D eigenvalue weighted by atomic mass is 10.0. The number of aryl methyl sites for hydroxylation is 2. The van der Waals surface area contributed by atoms with Crippen molar-refractivity contribution >= 4 is 11.8 Å². The number of nitrogens with one attached hydrogen (secondary N) is 1. The number of aromatic nitrogens is 2. The van der Waals surface area contributed by atoms with Gasteiger partial charge in [-0.3, -0.25) is 9.48 Å². The van der Waals surface area contributed by atoms with Crippen LogP contribution >= 0.6 is 0 Å². The molecular formula is C11H16N4O2. The van der Waals surface area contributed by atoms with Crippen molar-refractivity contribution in [3.05, 3.63) is 11.3 Å². The Labute approximate surface area is 99.9 Å². The summed E-state index contributed by atoms with van der Waals surface area (Å²) in [6.07, 6.45) is -0.0396. The molecule has 1 heterocycles. The van der Waals surface area contributed by atoms with Gasteiger partial charge in [-0.25, -0.2) is 0 Å². The van der Waals surface area contributed by atoms with Gasteiger partial charge in [-0.15, -0.1) is 0 Å². The van der Waals surface area contributed by atoms with E-state index in [1.54, 1.807) is 32.5 Å². The number of carboxylic acid groups (broad SMARTS) is 1. The van der Waals surface area contributed by atoms with E-state index in [0.29, 0.717) is 17.1 Å². The van der Waals surface area contributed by atoms with Crippen LogP contribution < -0.4 is 5.32 Å². The van der Waals surface area contributed by atoms with E-state index in [-0.39, 0.29) is 6.42 Å². The van der Waals surface area contributed by atoms with E-state index in [1.165, 1.54) is 0 Å². The normalized spacial score (nSPS) is 11.0. The molecule has 2 N–H and O–H groups in total. The highest BCUT2D eigenvalue weighted by Crippen LogP contribution is 2.23. The summed E-state index contributed by atoms with van der Waals surface area (Å²) in [5.41, 5.74) is 0.437. The van der Waals surface area contributed by atoms with Crippen LogP contribution in [0, 0.1) is 18.3 Å². The van der Waals surface area contributed by atoms with E-state index < -0.39 is 11.5 Å². The Balaban J connectivity index is 3.03. The summed E-state index contributed by atoms with van der Waals surface area (Å²) in [6, 6.07) is 2.07. The predicted octanol–water partition coefficient (Wildman–Crippen LogP) is 1.27. The van der Waals surface area contributed by atoms with Crippen LogP contribution in [0.3, 0.4) is 0 Å². The Morgan fingerprint density at radius 2 is 2.24 bits per heavy atom. The number of anilines is 1. The van der Waals surface area contributed by atoms with E-state index in [1.807, 2.05) is 0 Å². The number of nitriles is 1. The number of carbonyl (C=O) groups is 1. The maximum absolute atomic E-state index is 10.7. The van der Waals surface area contributed by atoms with Crippen LogP contribution in [0.15, 0.2) is 0 Å². The zero-order valence-electron chi connectivity index (χ0n) is 10.4. The number of rotatable bonds is 4. The molecule has 0 bridgehead atoms. The minimum absolute atomic E-state index is 0.0396. The number of hydrogen-bond donors (Lipinski definition) is 2. The minimum Gasteiger partial charge on any atom is -0.481 e.